The highest BCUT2D eigenvalue weighted by atomic mass is 35.5. The fraction of sp³-hybridized carbons (Fsp3) is 0.400. The number of hydrogen-bond donors (Lipinski definition) is 1. The van der Waals surface area contributed by atoms with Crippen molar-refractivity contribution in [3.63, 3.8) is 0 Å². The number of carbonyl (C=O) groups excluding carboxylic acids is 1. The van der Waals surface area contributed by atoms with E-state index in [0.717, 1.165) is 11.3 Å². The molecule has 1 aromatic rings. The van der Waals surface area contributed by atoms with Crippen molar-refractivity contribution in [3.8, 4) is 5.75 Å². The molecule has 0 saturated carbocycles. The number of methoxy groups -OCH3 is 1. The molecule has 5 heteroatoms. The van der Waals surface area contributed by atoms with Crippen LogP contribution in [0.15, 0.2) is 30.4 Å². The van der Waals surface area contributed by atoms with Crippen LogP contribution in [0.2, 0.25) is 5.02 Å². The van der Waals surface area contributed by atoms with Gasteiger partial charge in [-0.15, -0.1) is 0 Å². The number of likely N-dealkylation sites (N-methyl/N-ethyl adjacent to an activating group) is 1. The fourth-order valence-electron chi connectivity index (χ4n) is 1.77. The zero-order chi connectivity index (χ0) is 15.1. The zero-order valence-corrected chi connectivity index (χ0v) is 13.0. The fourth-order valence-corrected chi connectivity index (χ4v) is 2.03. The third-order valence-corrected chi connectivity index (χ3v) is 3.09. The molecule has 0 radical (unpaired) electrons. The first-order valence-electron chi connectivity index (χ1n) is 6.47. The Hall–Kier alpha value is -1.68. The summed E-state index contributed by atoms with van der Waals surface area (Å²) in [6.07, 6.45) is 0. The minimum absolute atomic E-state index is 0.0300. The Balaban J connectivity index is 2.59. The van der Waals surface area contributed by atoms with Gasteiger partial charge in [0.2, 0.25) is 5.91 Å². The van der Waals surface area contributed by atoms with Crippen LogP contribution in [0.4, 0.5) is 5.69 Å². The zero-order valence-electron chi connectivity index (χ0n) is 12.2. The number of halogens is 1. The molecule has 0 heterocycles. The van der Waals surface area contributed by atoms with Crippen molar-refractivity contribution in [3.05, 3.63) is 35.4 Å². The van der Waals surface area contributed by atoms with E-state index in [9.17, 15) is 4.79 Å². The minimum Gasteiger partial charge on any atom is -0.495 e. The van der Waals surface area contributed by atoms with E-state index in [-0.39, 0.29) is 12.5 Å². The summed E-state index contributed by atoms with van der Waals surface area (Å²) >= 11 is 6.03. The molecule has 0 spiro atoms. The molecule has 0 aliphatic rings. The van der Waals surface area contributed by atoms with Gasteiger partial charge in [0.25, 0.3) is 0 Å². The minimum atomic E-state index is 0.0300. The Kier molecular flexibility index (Phi) is 6.39. The van der Waals surface area contributed by atoms with E-state index in [4.69, 9.17) is 16.3 Å². The molecule has 0 unspecified atom stereocenters. The quantitative estimate of drug-likeness (QED) is 0.786. The van der Waals surface area contributed by atoms with Gasteiger partial charge in [-0.1, -0.05) is 23.8 Å². The first-order chi connectivity index (χ1) is 9.47. The molecule has 0 saturated heterocycles. The number of hydrogen-bond acceptors (Lipinski definition) is 3. The van der Waals surface area contributed by atoms with E-state index in [0.29, 0.717) is 23.9 Å². The molecule has 0 aliphatic carbocycles. The first-order valence-corrected chi connectivity index (χ1v) is 6.85. The largest absolute Gasteiger partial charge is 0.495 e. The van der Waals surface area contributed by atoms with Gasteiger partial charge in [0.1, 0.15) is 5.75 Å². The van der Waals surface area contributed by atoms with Crippen molar-refractivity contribution in [2.75, 3.05) is 32.1 Å². The van der Waals surface area contributed by atoms with Gasteiger partial charge in [0.05, 0.1) is 18.7 Å². The summed E-state index contributed by atoms with van der Waals surface area (Å²) in [5.41, 5.74) is 1.75. The lowest BCUT2D eigenvalue weighted by Crippen LogP contribution is -2.36. The van der Waals surface area contributed by atoms with Crippen molar-refractivity contribution in [1.82, 2.24) is 4.90 Å². The molecule has 0 fully saturated rings. The number of ether oxygens (including phenoxy) is 1. The Morgan fingerprint density at radius 1 is 1.50 bits per heavy atom. The van der Waals surface area contributed by atoms with E-state index >= 15 is 0 Å². The molecule has 1 rings (SSSR count). The highest BCUT2D eigenvalue weighted by molar-refractivity contribution is 6.32. The van der Waals surface area contributed by atoms with Crippen LogP contribution < -0.4 is 10.1 Å². The van der Waals surface area contributed by atoms with Crippen LogP contribution in [-0.2, 0) is 4.79 Å². The lowest BCUT2D eigenvalue weighted by Gasteiger charge is -2.21. The summed E-state index contributed by atoms with van der Waals surface area (Å²) in [7, 11) is 1.56. The Labute approximate surface area is 125 Å². The third kappa shape index (κ3) is 4.78. The predicted octanol–water partition coefficient (Wildman–Crippen LogP) is 3.19. The molecule has 1 N–H and O–H groups in total. The van der Waals surface area contributed by atoms with Crippen LogP contribution in [0.25, 0.3) is 0 Å². The summed E-state index contributed by atoms with van der Waals surface area (Å²) in [4.78, 5) is 13.8. The maximum atomic E-state index is 12.1. The predicted molar refractivity (Wildman–Crippen MR) is 83.6 cm³/mol. The molecule has 20 heavy (non-hydrogen) atoms. The second kappa shape index (κ2) is 7.80. The molecule has 1 amide bonds. The van der Waals surface area contributed by atoms with Gasteiger partial charge in [0.15, 0.2) is 0 Å². The number of rotatable bonds is 7. The highest BCUT2D eigenvalue weighted by Crippen LogP contribution is 2.27. The van der Waals surface area contributed by atoms with Crippen molar-refractivity contribution >= 4 is 23.2 Å². The summed E-state index contributed by atoms with van der Waals surface area (Å²) < 4.78 is 5.08. The monoisotopic (exact) mass is 296 g/mol. The van der Waals surface area contributed by atoms with Gasteiger partial charge >= 0.3 is 0 Å². The smallest absolute Gasteiger partial charge is 0.242 e. The van der Waals surface area contributed by atoms with Gasteiger partial charge in [0, 0.05) is 18.8 Å². The number of carbonyl (C=O) groups is 1. The standard InChI is InChI=1S/C15H21ClN2O2/c1-5-18(10-11(2)3)15(19)9-17-12-6-7-14(20-4)13(16)8-12/h6-8,17H,2,5,9-10H2,1,3-4H3. The van der Waals surface area contributed by atoms with E-state index in [1.165, 1.54) is 0 Å². The number of amides is 1. The number of nitrogens with one attached hydrogen (secondary N) is 1. The van der Waals surface area contributed by atoms with Gasteiger partial charge in [-0.05, 0) is 32.0 Å². The second-order valence-electron chi connectivity index (χ2n) is 4.57. The van der Waals surface area contributed by atoms with Crippen LogP contribution in [0.3, 0.4) is 0 Å². The van der Waals surface area contributed by atoms with Crippen LogP contribution in [0.1, 0.15) is 13.8 Å². The highest BCUT2D eigenvalue weighted by Gasteiger charge is 2.11. The van der Waals surface area contributed by atoms with E-state index in [1.807, 2.05) is 19.9 Å². The molecule has 0 atom stereocenters. The lowest BCUT2D eigenvalue weighted by atomic mass is 10.3. The third-order valence-electron chi connectivity index (χ3n) is 2.79. The topological polar surface area (TPSA) is 41.6 Å². The van der Waals surface area contributed by atoms with Crippen molar-refractivity contribution in [2.45, 2.75) is 13.8 Å². The van der Waals surface area contributed by atoms with E-state index < -0.39 is 0 Å². The summed E-state index contributed by atoms with van der Waals surface area (Å²) in [5, 5.41) is 3.58. The SMILES string of the molecule is C=C(C)CN(CC)C(=O)CNc1ccc(OC)c(Cl)c1. The van der Waals surface area contributed by atoms with E-state index in [1.54, 1.807) is 24.1 Å². The molecule has 4 nitrogen and oxygen atoms in total. The van der Waals surface area contributed by atoms with Gasteiger partial charge in [-0.3, -0.25) is 4.79 Å². The molecule has 110 valence electrons. The Morgan fingerprint density at radius 2 is 2.20 bits per heavy atom. The molecule has 0 aliphatic heterocycles. The average Bonchev–Trinajstić information content (AvgIpc) is 2.42. The number of benzene rings is 1. The van der Waals surface area contributed by atoms with Crippen LogP contribution in [-0.4, -0.2) is 37.6 Å². The normalized spacial score (nSPS) is 10.0. The molecular weight excluding hydrogens is 276 g/mol. The summed E-state index contributed by atoms with van der Waals surface area (Å²) in [5.74, 6) is 0.642. The van der Waals surface area contributed by atoms with Crippen LogP contribution in [0, 0.1) is 0 Å². The number of nitrogens with zero attached hydrogens (tertiary/aromatic N) is 1. The summed E-state index contributed by atoms with van der Waals surface area (Å²) in [6.45, 7) is 9.16. The summed E-state index contributed by atoms with van der Waals surface area (Å²) in [6, 6.07) is 5.33. The Bertz CT molecular complexity index is 489. The average molecular weight is 297 g/mol. The lowest BCUT2D eigenvalue weighted by molar-refractivity contribution is -0.128. The van der Waals surface area contributed by atoms with Crippen LogP contribution in [0.5, 0.6) is 5.75 Å². The molecular formula is C15H21ClN2O2. The van der Waals surface area contributed by atoms with Gasteiger partial charge in [-0.25, -0.2) is 0 Å². The van der Waals surface area contributed by atoms with Crippen LogP contribution >= 0.6 is 11.6 Å². The first kappa shape index (κ1) is 16.4. The second-order valence-corrected chi connectivity index (χ2v) is 4.98. The van der Waals surface area contributed by atoms with Gasteiger partial charge < -0.3 is 15.0 Å². The Morgan fingerprint density at radius 3 is 2.70 bits per heavy atom. The maximum Gasteiger partial charge on any atom is 0.242 e. The molecule has 0 aromatic heterocycles. The number of anilines is 1. The molecule has 1 aromatic carbocycles. The van der Waals surface area contributed by atoms with Gasteiger partial charge in [-0.2, -0.15) is 0 Å². The van der Waals surface area contributed by atoms with Crippen molar-refractivity contribution in [2.24, 2.45) is 0 Å². The van der Waals surface area contributed by atoms with Crippen molar-refractivity contribution < 1.29 is 9.53 Å². The van der Waals surface area contributed by atoms with Crippen molar-refractivity contribution in [1.29, 1.82) is 0 Å². The molecule has 0 bridgehead atoms. The van der Waals surface area contributed by atoms with E-state index in [2.05, 4.69) is 11.9 Å². The maximum absolute atomic E-state index is 12.1.